The van der Waals surface area contributed by atoms with E-state index in [4.69, 9.17) is 4.74 Å². The third kappa shape index (κ3) is 4.29. The van der Waals surface area contributed by atoms with E-state index in [9.17, 15) is 4.79 Å². The van der Waals surface area contributed by atoms with Crippen molar-refractivity contribution in [2.24, 2.45) is 0 Å². The molecular formula is C16H23N5O2. The fourth-order valence-electron chi connectivity index (χ4n) is 2.25. The number of urea groups is 1. The molecule has 2 atom stereocenters. The zero-order valence-electron chi connectivity index (χ0n) is 13.9. The molecule has 0 aliphatic heterocycles. The van der Waals surface area contributed by atoms with Gasteiger partial charge in [-0.25, -0.2) is 14.5 Å². The molecule has 2 rings (SSSR count). The van der Waals surface area contributed by atoms with Crippen LogP contribution >= 0.6 is 0 Å². The van der Waals surface area contributed by atoms with Gasteiger partial charge in [0.05, 0.1) is 24.4 Å². The summed E-state index contributed by atoms with van der Waals surface area (Å²) >= 11 is 0. The summed E-state index contributed by atoms with van der Waals surface area (Å²) in [5.74, 6) is 0. The first kappa shape index (κ1) is 17.0. The van der Waals surface area contributed by atoms with E-state index in [1.54, 1.807) is 30.1 Å². The van der Waals surface area contributed by atoms with Crippen LogP contribution in [0.2, 0.25) is 0 Å². The number of carbonyl (C=O) groups excluding carboxylic acids is 1. The summed E-state index contributed by atoms with van der Waals surface area (Å²) in [4.78, 5) is 17.8. The maximum atomic E-state index is 12.2. The fourth-order valence-corrected chi connectivity index (χ4v) is 2.25. The maximum Gasteiger partial charge on any atom is 0.317 e. The van der Waals surface area contributed by atoms with Gasteiger partial charge in [0, 0.05) is 14.2 Å². The zero-order valence-corrected chi connectivity index (χ0v) is 13.9. The molecule has 0 aliphatic rings. The Morgan fingerprint density at radius 3 is 2.61 bits per heavy atom. The lowest BCUT2D eigenvalue weighted by molar-refractivity contribution is 0.158. The van der Waals surface area contributed by atoms with Gasteiger partial charge >= 0.3 is 6.03 Å². The standard InChI is InChI=1S/C16H23N5O2/c1-12(9-23-4)19-16(22)20(3)13(2)14-5-7-15(8-6-14)21-11-17-10-18-21/h5-8,10-13H,9H2,1-4H3,(H,19,22)/t12-,13+/m0/s1. The third-order valence-electron chi connectivity index (χ3n) is 3.75. The second-order valence-electron chi connectivity index (χ2n) is 5.52. The Morgan fingerprint density at radius 2 is 2.04 bits per heavy atom. The Balaban J connectivity index is 2.01. The molecule has 1 aromatic heterocycles. The first-order chi connectivity index (χ1) is 11.0. The van der Waals surface area contributed by atoms with E-state index >= 15 is 0 Å². The Morgan fingerprint density at radius 1 is 1.35 bits per heavy atom. The van der Waals surface area contributed by atoms with Crippen molar-refractivity contribution >= 4 is 6.03 Å². The number of benzene rings is 1. The predicted octanol–water partition coefficient (Wildman–Crippen LogP) is 2.00. The molecule has 7 heteroatoms. The number of rotatable bonds is 6. The summed E-state index contributed by atoms with van der Waals surface area (Å²) in [5.41, 5.74) is 1.98. The number of methoxy groups -OCH3 is 1. The van der Waals surface area contributed by atoms with Crippen molar-refractivity contribution in [3.05, 3.63) is 42.5 Å². The summed E-state index contributed by atoms with van der Waals surface area (Å²) in [6, 6.07) is 7.70. The van der Waals surface area contributed by atoms with E-state index in [1.807, 2.05) is 38.1 Å². The highest BCUT2D eigenvalue weighted by atomic mass is 16.5. The van der Waals surface area contributed by atoms with Gasteiger partial charge in [-0.1, -0.05) is 12.1 Å². The van der Waals surface area contributed by atoms with Crippen LogP contribution in [0.25, 0.3) is 5.69 Å². The lowest BCUT2D eigenvalue weighted by Gasteiger charge is -2.27. The number of ether oxygens (including phenoxy) is 1. The summed E-state index contributed by atoms with van der Waals surface area (Å²) < 4.78 is 6.72. The number of carbonyl (C=O) groups is 1. The van der Waals surface area contributed by atoms with E-state index in [2.05, 4.69) is 15.4 Å². The quantitative estimate of drug-likeness (QED) is 0.884. The summed E-state index contributed by atoms with van der Waals surface area (Å²) in [5, 5.41) is 7.00. The number of hydrogen-bond acceptors (Lipinski definition) is 4. The monoisotopic (exact) mass is 317 g/mol. The third-order valence-corrected chi connectivity index (χ3v) is 3.75. The highest BCUT2D eigenvalue weighted by Gasteiger charge is 2.18. The van der Waals surface area contributed by atoms with E-state index in [-0.39, 0.29) is 18.1 Å². The Hall–Kier alpha value is -2.41. The van der Waals surface area contributed by atoms with E-state index in [0.717, 1.165) is 11.3 Å². The molecule has 1 aromatic carbocycles. The molecule has 1 heterocycles. The first-order valence-electron chi connectivity index (χ1n) is 7.50. The van der Waals surface area contributed by atoms with E-state index < -0.39 is 0 Å². The lowest BCUT2D eigenvalue weighted by atomic mass is 10.1. The average molecular weight is 317 g/mol. The van der Waals surface area contributed by atoms with Crippen molar-refractivity contribution in [1.29, 1.82) is 0 Å². The van der Waals surface area contributed by atoms with Gasteiger partial charge in [0.15, 0.2) is 0 Å². The summed E-state index contributed by atoms with van der Waals surface area (Å²) in [7, 11) is 3.40. The molecule has 0 saturated heterocycles. The Bertz CT molecular complexity index is 612. The molecule has 23 heavy (non-hydrogen) atoms. The van der Waals surface area contributed by atoms with Crippen LogP contribution in [0.4, 0.5) is 4.79 Å². The molecule has 1 N–H and O–H groups in total. The Labute approximate surface area is 136 Å². The molecular weight excluding hydrogens is 294 g/mol. The van der Waals surface area contributed by atoms with Crippen molar-refractivity contribution in [1.82, 2.24) is 25.0 Å². The van der Waals surface area contributed by atoms with E-state index in [1.165, 1.54) is 6.33 Å². The maximum absolute atomic E-state index is 12.2. The number of amides is 2. The van der Waals surface area contributed by atoms with Crippen LogP contribution in [0.5, 0.6) is 0 Å². The van der Waals surface area contributed by atoms with Gasteiger partial charge in [0.2, 0.25) is 0 Å². The van der Waals surface area contributed by atoms with Crippen molar-refractivity contribution < 1.29 is 9.53 Å². The average Bonchev–Trinajstić information content (AvgIpc) is 3.08. The predicted molar refractivity (Wildman–Crippen MR) is 87.4 cm³/mol. The second kappa shape index (κ2) is 7.73. The smallest absolute Gasteiger partial charge is 0.317 e. The van der Waals surface area contributed by atoms with Crippen LogP contribution < -0.4 is 5.32 Å². The molecule has 7 nitrogen and oxygen atoms in total. The molecule has 0 fully saturated rings. The van der Waals surface area contributed by atoms with Crippen molar-refractivity contribution in [2.45, 2.75) is 25.9 Å². The van der Waals surface area contributed by atoms with Gasteiger partial charge in [-0.3, -0.25) is 0 Å². The number of hydrogen-bond donors (Lipinski definition) is 1. The molecule has 0 spiro atoms. The molecule has 0 unspecified atom stereocenters. The molecule has 2 amide bonds. The van der Waals surface area contributed by atoms with Crippen LogP contribution in [-0.4, -0.2) is 52.5 Å². The SMILES string of the molecule is COC[C@H](C)NC(=O)N(C)[C@H](C)c1ccc(-n2cncn2)cc1. The normalized spacial score (nSPS) is 13.4. The number of nitrogens with one attached hydrogen (secondary N) is 1. The zero-order chi connectivity index (χ0) is 16.8. The highest BCUT2D eigenvalue weighted by molar-refractivity contribution is 5.74. The number of nitrogens with zero attached hydrogens (tertiary/aromatic N) is 4. The first-order valence-corrected chi connectivity index (χ1v) is 7.50. The molecule has 0 radical (unpaired) electrons. The van der Waals surface area contributed by atoms with Crippen LogP contribution in [-0.2, 0) is 4.74 Å². The van der Waals surface area contributed by atoms with Crippen molar-refractivity contribution in [3.63, 3.8) is 0 Å². The fraction of sp³-hybridized carbons (Fsp3) is 0.438. The van der Waals surface area contributed by atoms with E-state index in [0.29, 0.717) is 6.61 Å². The van der Waals surface area contributed by atoms with Gasteiger partial charge < -0.3 is 15.0 Å². The summed E-state index contributed by atoms with van der Waals surface area (Å²) in [6.07, 6.45) is 3.14. The minimum atomic E-state index is -0.123. The van der Waals surface area contributed by atoms with Crippen molar-refractivity contribution in [3.8, 4) is 5.69 Å². The molecule has 124 valence electrons. The number of aromatic nitrogens is 3. The minimum absolute atomic E-state index is 0.0307. The molecule has 2 aromatic rings. The van der Waals surface area contributed by atoms with Crippen molar-refractivity contribution in [2.75, 3.05) is 20.8 Å². The minimum Gasteiger partial charge on any atom is -0.383 e. The second-order valence-corrected chi connectivity index (χ2v) is 5.52. The molecule has 0 bridgehead atoms. The Kier molecular flexibility index (Phi) is 5.70. The molecule has 0 saturated carbocycles. The summed E-state index contributed by atoms with van der Waals surface area (Å²) in [6.45, 7) is 4.39. The van der Waals surface area contributed by atoms with Gasteiger partial charge in [-0.2, -0.15) is 5.10 Å². The highest BCUT2D eigenvalue weighted by Crippen LogP contribution is 2.20. The molecule has 0 aliphatic carbocycles. The van der Waals surface area contributed by atoms with Gasteiger partial charge in [0.1, 0.15) is 12.7 Å². The van der Waals surface area contributed by atoms with Gasteiger partial charge in [-0.05, 0) is 31.5 Å². The van der Waals surface area contributed by atoms with Crippen LogP contribution in [0.15, 0.2) is 36.9 Å². The lowest BCUT2D eigenvalue weighted by Crippen LogP contribution is -2.44. The van der Waals surface area contributed by atoms with Crippen LogP contribution in [0.3, 0.4) is 0 Å². The van der Waals surface area contributed by atoms with Gasteiger partial charge in [0.25, 0.3) is 0 Å². The topological polar surface area (TPSA) is 72.3 Å². The van der Waals surface area contributed by atoms with Gasteiger partial charge in [-0.15, -0.1) is 0 Å². The van der Waals surface area contributed by atoms with Crippen LogP contribution in [0, 0.1) is 0 Å². The largest absolute Gasteiger partial charge is 0.383 e. The van der Waals surface area contributed by atoms with Crippen LogP contribution in [0.1, 0.15) is 25.5 Å².